The van der Waals surface area contributed by atoms with Crippen LogP contribution in [0.1, 0.15) is 0 Å². The number of rotatable bonds is 0. The summed E-state index contributed by atoms with van der Waals surface area (Å²) in [6, 6.07) is -0.391. The molecule has 0 saturated carbocycles. The van der Waals surface area contributed by atoms with Crippen LogP contribution < -0.4 is 10.7 Å². The standard InChI is InChI=1S/C3H3N3O/c4-2-1-5-3(7)6-2/h1H,(H2,4,6,7)/p+1. The molecular weight excluding hydrogens is 94.1 g/mol. The number of hydrogen-bond donors (Lipinski definition) is 2. The Morgan fingerprint density at radius 1 is 1.86 bits per heavy atom. The zero-order valence-electron chi connectivity index (χ0n) is 3.51. The van der Waals surface area contributed by atoms with Gasteiger partial charge in [-0.2, -0.15) is 4.79 Å². The van der Waals surface area contributed by atoms with Crippen LogP contribution in [0.15, 0.2) is 4.99 Å². The molecule has 0 aromatic heterocycles. The Morgan fingerprint density at radius 3 is 2.71 bits per heavy atom. The third-order valence-corrected chi connectivity index (χ3v) is 0.574. The lowest BCUT2D eigenvalue weighted by molar-refractivity contribution is -0.328. The van der Waals surface area contributed by atoms with Crippen molar-refractivity contribution in [3.63, 3.8) is 0 Å². The van der Waals surface area contributed by atoms with Crippen molar-refractivity contribution in [3.8, 4) is 0 Å². The minimum absolute atomic E-state index is 0.241. The topological polar surface area (TPSA) is 69.4 Å². The van der Waals surface area contributed by atoms with Gasteiger partial charge in [0.25, 0.3) is 5.84 Å². The zero-order valence-corrected chi connectivity index (χ0v) is 3.51. The number of nitrogens with zero attached hydrogens (tertiary/aromatic N) is 1. The maximum Gasteiger partial charge on any atom is 0.539 e. The van der Waals surface area contributed by atoms with E-state index in [1.165, 1.54) is 6.21 Å². The molecular formula is C3H4N3O+. The van der Waals surface area contributed by atoms with Gasteiger partial charge in [0.05, 0.1) is 0 Å². The van der Waals surface area contributed by atoms with Crippen LogP contribution in [0.2, 0.25) is 0 Å². The first-order chi connectivity index (χ1) is 3.29. The normalized spacial score (nSPS) is 17.7. The Hall–Kier alpha value is -1.19. The van der Waals surface area contributed by atoms with E-state index >= 15 is 0 Å². The summed E-state index contributed by atoms with van der Waals surface area (Å²) < 4.78 is 0. The molecule has 36 valence electrons. The van der Waals surface area contributed by atoms with Crippen LogP contribution in [0.5, 0.6) is 0 Å². The molecule has 2 amide bonds. The molecule has 0 radical (unpaired) electrons. The van der Waals surface area contributed by atoms with Gasteiger partial charge in [-0.25, -0.2) is 4.99 Å². The average Bonchev–Trinajstić information content (AvgIpc) is 1.87. The van der Waals surface area contributed by atoms with E-state index in [4.69, 9.17) is 5.73 Å². The zero-order chi connectivity index (χ0) is 5.28. The van der Waals surface area contributed by atoms with Gasteiger partial charge in [-0.15, -0.1) is 0 Å². The predicted octanol–water partition coefficient (Wildman–Crippen LogP) is -2.37. The van der Waals surface area contributed by atoms with Gasteiger partial charge in [0.2, 0.25) is 0 Å². The third-order valence-electron chi connectivity index (χ3n) is 0.574. The SMILES string of the molecule is NC1=NC(=O)[NH+]=C1. The fourth-order valence-corrected chi connectivity index (χ4v) is 0.317. The Bertz CT molecular complexity index is 158. The third kappa shape index (κ3) is 0.623. The van der Waals surface area contributed by atoms with Crippen molar-refractivity contribution in [1.82, 2.24) is 0 Å². The first-order valence-corrected chi connectivity index (χ1v) is 1.77. The minimum atomic E-state index is -0.391. The van der Waals surface area contributed by atoms with Gasteiger partial charge in [0.15, 0.2) is 6.21 Å². The van der Waals surface area contributed by atoms with Crippen molar-refractivity contribution in [2.75, 3.05) is 0 Å². The maximum atomic E-state index is 10.0. The molecule has 1 heterocycles. The molecule has 0 unspecified atom stereocenters. The Balaban J connectivity index is 2.88. The highest BCUT2D eigenvalue weighted by Crippen LogP contribution is 1.66. The highest BCUT2D eigenvalue weighted by atomic mass is 16.2. The second-order valence-electron chi connectivity index (χ2n) is 1.13. The highest BCUT2D eigenvalue weighted by Gasteiger charge is 2.13. The van der Waals surface area contributed by atoms with Crippen LogP contribution in [-0.2, 0) is 0 Å². The number of amidine groups is 1. The van der Waals surface area contributed by atoms with Gasteiger partial charge < -0.3 is 5.73 Å². The summed E-state index contributed by atoms with van der Waals surface area (Å²) in [7, 11) is 0. The number of nitrogens with one attached hydrogen (secondary N) is 1. The second-order valence-corrected chi connectivity index (χ2v) is 1.13. The summed E-state index contributed by atoms with van der Waals surface area (Å²) in [5.74, 6) is 0.241. The number of carbonyl (C=O) groups excluding carboxylic acids is 1. The van der Waals surface area contributed by atoms with Crippen LogP contribution in [0.4, 0.5) is 4.79 Å². The minimum Gasteiger partial charge on any atom is -0.360 e. The van der Waals surface area contributed by atoms with E-state index in [-0.39, 0.29) is 5.84 Å². The predicted molar refractivity (Wildman–Crippen MR) is 24.0 cm³/mol. The van der Waals surface area contributed by atoms with Crippen LogP contribution in [0, 0.1) is 0 Å². The maximum absolute atomic E-state index is 10.0. The quantitative estimate of drug-likeness (QED) is 0.355. The smallest absolute Gasteiger partial charge is 0.360 e. The Labute approximate surface area is 39.8 Å². The average molecular weight is 98.1 g/mol. The lowest BCUT2D eigenvalue weighted by Crippen LogP contribution is -2.70. The van der Waals surface area contributed by atoms with Crippen molar-refractivity contribution in [1.29, 1.82) is 0 Å². The van der Waals surface area contributed by atoms with E-state index in [2.05, 4.69) is 9.98 Å². The molecule has 0 aliphatic carbocycles. The molecule has 0 bridgehead atoms. The monoisotopic (exact) mass is 98.0 g/mol. The summed E-state index contributed by atoms with van der Waals surface area (Å²) in [5.41, 5.74) is 5.04. The number of urea groups is 1. The lowest BCUT2D eigenvalue weighted by Gasteiger charge is -1.59. The largest absolute Gasteiger partial charge is 0.539 e. The number of hydrogen-bond acceptors (Lipinski definition) is 2. The first-order valence-electron chi connectivity index (χ1n) is 1.77. The van der Waals surface area contributed by atoms with Gasteiger partial charge in [-0.3, -0.25) is 0 Å². The van der Waals surface area contributed by atoms with Crippen molar-refractivity contribution >= 4 is 18.1 Å². The summed E-state index contributed by atoms with van der Waals surface area (Å²) >= 11 is 0. The number of carbonyl (C=O) groups is 1. The molecule has 1 aliphatic rings. The highest BCUT2D eigenvalue weighted by molar-refractivity contribution is 6.30. The van der Waals surface area contributed by atoms with E-state index < -0.39 is 6.03 Å². The molecule has 0 aromatic rings. The molecule has 0 saturated heterocycles. The van der Waals surface area contributed by atoms with Crippen LogP contribution >= 0.6 is 0 Å². The Kier molecular flexibility index (Phi) is 0.651. The van der Waals surface area contributed by atoms with Crippen LogP contribution in [0.3, 0.4) is 0 Å². The molecule has 4 nitrogen and oxygen atoms in total. The van der Waals surface area contributed by atoms with Gasteiger partial charge >= 0.3 is 6.03 Å². The number of amides is 2. The van der Waals surface area contributed by atoms with E-state index in [9.17, 15) is 4.79 Å². The summed E-state index contributed by atoms with van der Waals surface area (Å²) in [6.45, 7) is 0. The van der Waals surface area contributed by atoms with E-state index in [1.807, 2.05) is 0 Å². The molecule has 7 heavy (non-hydrogen) atoms. The van der Waals surface area contributed by atoms with Crippen LogP contribution in [-0.4, -0.2) is 18.1 Å². The van der Waals surface area contributed by atoms with Gasteiger partial charge in [-0.05, 0) is 0 Å². The molecule has 4 heteroatoms. The molecule has 0 atom stereocenters. The van der Waals surface area contributed by atoms with E-state index in [1.54, 1.807) is 0 Å². The lowest BCUT2D eigenvalue weighted by atomic mass is 10.7. The summed E-state index contributed by atoms with van der Waals surface area (Å²) in [4.78, 5) is 15.6. The fourth-order valence-electron chi connectivity index (χ4n) is 0.317. The van der Waals surface area contributed by atoms with Crippen molar-refractivity contribution < 1.29 is 9.79 Å². The van der Waals surface area contributed by atoms with Crippen LogP contribution in [0.25, 0.3) is 0 Å². The summed E-state index contributed by atoms with van der Waals surface area (Å²) in [5, 5.41) is 0. The molecule has 1 aliphatic heterocycles. The number of aliphatic imine (C=N–C) groups is 1. The fraction of sp³-hybridized carbons (Fsp3) is 0. The van der Waals surface area contributed by atoms with Gasteiger partial charge in [-0.1, -0.05) is 0 Å². The molecule has 0 fully saturated rings. The van der Waals surface area contributed by atoms with Gasteiger partial charge in [0, 0.05) is 4.99 Å². The van der Waals surface area contributed by atoms with Gasteiger partial charge in [0.1, 0.15) is 0 Å². The summed E-state index contributed by atoms with van der Waals surface area (Å²) in [6.07, 6.45) is 1.35. The van der Waals surface area contributed by atoms with Crippen molar-refractivity contribution in [3.05, 3.63) is 0 Å². The van der Waals surface area contributed by atoms with Crippen molar-refractivity contribution in [2.45, 2.75) is 0 Å². The second kappa shape index (κ2) is 1.14. The van der Waals surface area contributed by atoms with E-state index in [0.29, 0.717) is 0 Å². The van der Waals surface area contributed by atoms with E-state index in [0.717, 1.165) is 0 Å². The first kappa shape index (κ1) is 3.98. The molecule has 0 aromatic carbocycles. The Morgan fingerprint density at radius 2 is 2.57 bits per heavy atom. The number of nitrogens with two attached hydrogens (primary N) is 1. The van der Waals surface area contributed by atoms with Crippen molar-refractivity contribution in [2.24, 2.45) is 10.7 Å². The molecule has 3 N–H and O–H groups in total. The molecule has 1 rings (SSSR count). The molecule has 0 spiro atoms.